The highest BCUT2D eigenvalue weighted by Gasteiger charge is 2.53. The number of rotatable bonds is 3. The van der Waals surface area contributed by atoms with Crippen molar-refractivity contribution >= 4 is 11.8 Å². The Hall–Kier alpha value is 0.310. The summed E-state index contributed by atoms with van der Waals surface area (Å²) in [6.07, 6.45) is 8.93. The molecule has 4 aliphatic rings. The van der Waals surface area contributed by atoms with E-state index in [1.807, 2.05) is 0 Å². The predicted molar refractivity (Wildman–Crippen MR) is 80.8 cm³/mol. The molecular weight excluding hydrogens is 238 g/mol. The molecule has 0 aliphatic heterocycles. The van der Waals surface area contributed by atoms with Crippen molar-refractivity contribution in [2.45, 2.75) is 70.1 Å². The van der Waals surface area contributed by atoms with Gasteiger partial charge in [0.2, 0.25) is 0 Å². The molecule has 2 heteroatoms. The molecule has 0 saturated heterocycles. The van der Waals surface area contributed by atoms with E-state index in [0.29, 0.717) is 16.2 Å². The van der Waals surface area contributed by atoms with Crippen molar-refractivity contribution in [3.8, 4) is 0 Å². The fourth-order valence-corrected chi connectivity index (χ4v) is 6.18. The van der Waals surface area contributed by atoms with E-state index >= 15 is 0 Å². The Morgan fingerprint density at radius 2 is 1.50 bits per heavy atom. The van der Waals surface area contributed by atoms with Crippen LogP contribution >= 0.6 is 11.8 Å². The maximum absolute atomic E-state index is 6.66. The molecule has 104 valence electrons. The summed E-state index contributed by atoms with van der Waals surface area (Å²) in [6, 6.07) is 0.440. The molecule has 0 aromatic rings. The molecule has 4 rings (SSSR count). The van der Waals surface area contributed by atoms with Crippen molar-refractivity contribution < 1.29 is 0 Å². The second-order valence-corrected chi connectivity index (χ2v) is 10.2. The second kappa shape index (κ2) is 4.41. The Balaban J connectivity index is 1.67. The molecule has 2 N–H and O–H groups in total. The average molecular weight is 267 g/mol. The van der Waals surface area contributed by atoms with E-state index in [9.17, 15) is 0 Å². The molecule has 0 aromatic carbocycles. The van der Waals surface area contributed by atoms with Gasteiger partial charge in [-0.3, -0.25) is 0 Å². The molecule has 0 amide bonds. The first kappa shape index (κ1) is 13.3. The Labute approximate surface area is 117 Å². The lowest BCUT2D eigenvalue weighted by atomic mass is 9.48. The quantitative estimate of drug-likeness (QED) is 0.834. The summed E-state index contributed by atoms with van der Waals surface area (Å²) in [4.78, 5) is 0. The highest BCUT2D eigenvalue weighted by atomic mass is 32.2. The third kappa shape index (κ3) is 2.47. The zero-order chi connectivity index (χ0) is 13.0. The first-order chi connectivity index (χ1) is 8.36. The van der Waals surface area contributed by atoms with E-state index in [4.69, 9.17) is 5.73 Å². The van der Waals surface area contributed by atoms with E-state index in [-0.39, 0.29) is 0 Å². The van der Waals surface area contributed by atoms with E-state index < -0.39 is 0 Å². The van der Waals surface area contributed by atoms with Crippen molar-refractivity contribution in [1.29, 1.82) is 0 Å². The van der Waals surface area contributed by atoms with Crippen molar-refractivity contribution in [3.63, 3.8) is 0 Å². The largest absolute Gasteiger partial charge is 0.326 e. The summed E-state index contributed by atoms with van der Waals surface area (Å²) in [5.74, 6) is 4.25. The van der Waals surface area contributed by atoms with Crippen molar-refractivity contribution in [1.82, 2.24) is 0 Å². The lowest BCUT2D eigenvalue weighted by Crippen LogP contribution is -2.55. The molecule has 1 nitrogen and oxygen atoms in total. The SMILES string of the molecule is CC(C)(C)SCC(N)C12CC3CC(CC(C3)C1)C2. The third-order valence-electron chi connectivity index (χ3n) is 5.57. The van der Waals surface area contributed by atoms with Gasteiger partial charge in [-0.1, -0.05) is 20.8 Å². The van der Waals surface area contributed by atoms with E-state index in [2.05, 4.69) is 32.5 Å². The molecule has 18 heavy (non-hydrogen) atoms. The first-order valence-electron chi connectivity index (χ1n) is 7.76. The standard InChI is InChI=1S/C16H29NS/c1-15(2,3)18-10-14(17)16-7-11-4-12(8-16)6-13(5-11)9-16/h11-14H,4-10,17H2,1-3H3. The van der Waals surface area contributed by atoms with Crippen LogP contribution in [0.5, 0.6) is 0 Å². The first-order valence-corrected chi connectivity index (χ1v) is 8.74. The summed E-state index contributed by atoms with van der Waals surface area (Å²) in [7, 11) is 0. The number of hydrogen-bond donors (Lipinski definition) is 1. The fourth-order valence-electron chi connectivity index (χ4n) is 5.15. The van der Waals surface area contributed by atoms with Gasteiger partial charge in [0.05, 0.1) is 0 Å². The van der Waals surface area contributed by atoms with Crippen LogP contribution in [0.4, 0.5) is 0 Å². The maximum Gasteiger partial charge on any atom is 0.0188 e. The monoisotopic (exact) mass is 267 g/mol. The lowest BCUT2D eigenvalue weighted by molar-refractivity contribution is -0.0629. The van der Waals surface area contributed by atoms with Crippen LogP contribution in [0.3, 0.4) is 0 Å². The van der Waals surface area contributed by atoms with Crippen LogP contribution in [0, 0.1) is 23.2 Å². The molecular formula is C16H29NS. The van der Waals surface area contributed by atoms with Gasteiger partial charge in [-0.15, -0.1) is 0 Å². The van der Waals surface area contributed by atoms with Crippen LogP contribution in [-0.2, 0) is 0 Å². The number of thioether (sulfide) groups is 1. The average Bonchev–Trinajstić information content (AvgIpc) is 2.22. The van der Waals surface area contributed by atoms with E-state index in [1.54, 1.807) is 0 Å². The van der Waals surface area contributed by atoms with Gasteiger partial charge < -0.3 is 5.73 Å². The van der Waals surface area contributed by atoms with Gasteiger partial charge in [-0.05, 0) is 61.7 Å². The molecule has 0 heterocycles. The molecule has 1 unspecified atom stereocenters. The summed E-state index contributed by atoms with van der Waals surface area (Å²) in [5, 5.41) is 0. The van der Waals surface area contributed by atoms with Crippen LogP contribution in [0.25, 0.3) is 0 Å². The van der Waals surface area contributed by atoms with Gasteiger partial charge >= 0.3 is 0 Å². The van der Waals surface area contributed by atoms with Crippen LogP contribution in [0.2, 0.25) is 0 Å². The topological polar surface area (TPSA) is 26.0 Å². The summed E-state index contributed by atoms with van der Waals surface area (Å²) < 4.78 is 0.361. The van der Waals surface area contributed by atoms with Crippen molar-refractivity contribution in [3.05, 3.63) is 0 Å². The third-order valence-corrected chi connectivity index (χ3v) is 6.96. The molecule has 1 atom stereocenters. The Bertz CT molecular complexity index is 282. The minimum Gasteiger partial charge on any atom is -0.326 e. The smallest absolute Gasteiger partial charge is 0.0188 e. The van der Waals surface area contributed by atoms with Crippen LogP contribution in [0.1, 0.15) is 59.3 Å². The molecule has 0 radical (unpaired) electrons. The maximum atomic E-state index is 6.66. The Morgan fingerprint density at radius 3 is 1.89 bits per heavy atom. The number of nitrogens with two attached hydrogens (primary N) is 1. The van der Waals surface area contributed by atoms with Crippen LogP contribution in [0.15, 0.2) is 0 Å². The van der Waals surface area contributed by atoms with Gasteiger partial charge in [-0.25, -0.2) is 0 Å². The second-order valence-electron chi connectivity index (χ2n) is 8.31. The zero-order valence-corrected chi connectivity index (χ0v) is 13.1. The van der Waals surface area contributed by atoms with E-state index in [0.717, 1.165) is 23.5 Å². The highest BCUT2D eigenvalue weighted by molar-refractivity contribution is 8.00. The molecule has 4 aliphatic carbocycles. The van der Waals surface area contributed by atoms with Crippen LogP contribution in [-0.4, -0.2) is 16.5 Å². The fraction of sp³-hybridized carbons (Fsp3) is 1.00. The minimum atomic E-state index is 0.361. The normalized spacial score (nSPS) is 44.3. The summed E-state index contributed by atoms with van der Waals surface area (Å²) in [6.45, 7) is 6.93. The van der Waals surface area contributed by atoms with Gasteiger partial charge in [0.1, 0.15) is 0 Å². The minimum absolute atomic E-state index is 0.361. The van der Waals surface area contributed by atoms with E-state index in [1.165, 1.54) is 38.5 Å². The Kier molecular flexibility index (Phi) is 3.26. The lowest BCUT2D eigenvalue weighted by Gasteiger charge is -2.59. The zero-order valence-electron chi connectivity index (χ0n) is 12.2. The van der Waals surface area contributed by atoms with Crippen LogP contribution < -0.4 is 5.73 Å². The van der Waals surface area contributed by atoms with Gasteiger partial charge in [0.25, 0.3) is 0 Å². The van der Waals surface area contributed by atoms with Gasteiger partial charge in [-0.2, -0.15) is 11.8 Å². The molecule has 0 spiro atoms. The summed E-state index contributed by atoms with van der Waals surface area (Å²) in [5.41, 5.74) is 7.19. The van der Waals surface area contributed by atoms with Crippen molar-refractivity contribution in [2.75, 3.05) is 5.75 Å². The predicted octanol–water partition coefficient (Wildman–Crippen LogP) is 4.06. The molecule has 4 bridgehead atoms. The highest BCUT2D eigenvalue weighted by Crippen LogP contribution is 2.61. The summed E-state index contributed by atoms with van der Waals surface area (Å²) >= 11 is 2.07. The van der Waals surface area contributed by atoms with Gasteiger partial charge in [0.15, 0.2) is 0 Å². The van der Waals surface area contributed by atoms with Crippen molar-refractivity contribution in [2.24, 2.45) is 28.9 Å². The molecule has 4 saturated carbocycles. The molecule has 4 fully saturated rings. The Morgan fingerprint density at radius 1 is 1.06 bits per heavy atom. The molecule has 0 aromatic heterocycles. The number of hydrogen-bond acceptors (Lipinski definition) is 2. The van der Waals surface area contributed by atoms with Gasteiger partial charge in [0, 0.05) is 16.5 Å².